The Labute approximate surface area is 252 Å². The van der Waals surface area contributed by atoms with E-state index in [4.69, 9.17) is 23.7 Å². The molecule has 4 atom stereocenters. The van der Waals surface area contributed by atoms with Gasteiger partial charge in [-0.25, -0.2) is 23.6 Å². The van der Waals surface area contributed by atoms with Crippen molar-refractivity contribution in [3.63, 3.8) is 0 Å². The lowest BCUT2D eigenvalue weighted by molar-refractivity contribution is -0.245. The summed E-state index contributed by atoms with van der Waals surface area (Å²) >= 11 is 0. The van der Waals surface area contributed by atoms with Crippen molar-refractivity contribution in [3.8, 4) is 0 Å². The van der Waals surface area contributed by atoms with Crippen LogP contribution >= 0.6 is 0 Å². The van der Waals surface area contributed by atoms with Crippen LogP contribution < -0.4 is 0 Å². The first-order valence-corrected chi connectivity index (χ1v) is 13.7. The van der Waals surface area contributed by atoms with Crippen LogP contribution in [0.4, 0.5) is 4.39 Å². The lowest BCUT2D eigenvalue weighted by Gasteiger charge is -2.33. The summed E-state index contributed by atoms with van der Waals surface area (Å²) in [5.74, 6) is -5.96. The van der Waals surface area contributed by atoms with Gasteiger partial charge in [0.2, 0.25) is 6.10 Å². The van der Waals surface area contributed by atoms with Crippen LogP contribution in [-0.2, 0) is 23.7 Å². The van der Waals surface area contributed by atoms with Gasteiger partial charge >= 0.3 is 23.9 Å². The number of rotatable bonds is 10. The Morgan fingerprint density at radius 1 is 0.591 bits per heavy atom. The van der Waals surface area contributed by atoms with E-state index in [9.17, 15) is 23.6 Å². The Balaban J connectivity index is 1.54. The molecule has 44 heavy (non-hydrogen) atoms. The van der Waals surface area contributed by atoms with Gasteiger partial charge in [-0.3, -0.25) is 0 Å². The molecule has 0 saturated carbocycles. The van der Waals surface area contributed by atoms with E-state index in [0.717, 1.165) is 0 Å². The minimum atomic E-state index is -2.42. The standard InChI is InChI=1S/C34H27FO9/c35-21-27-28(41-31(37)24-15-7-2-8-16-24)29(42-32(38)25-17-9-3-10-18-25)34(43-27,44-33(39)26-19-11-4-12-20-26)22-40-30(36)23-13-5-1-6-14-23/h1-20,27-29H,21-22H2/t27-,28-,29-,34?/m1/s1. The number of halogens is 1. The predicted octanol–water partition coefficient (Wildman–Crippen LogP) is 5.22. The fourth-order valence-electron chi connectivity index (χ4n) is 4.61. The highest BCUT2D eigenvalue weighted by molar-refractivity contribution is 5.92. The van der Waals surface area contributed by atoms with E-state index in [-0.39, 0.29) is 22.3 Å². The minimum absolute atomic E-state index is 0.0829. The summed E-state index contributed by atoms with van der Waals surface area (Å²) in [6, 6.07) is 31.5. The van der Waals surface area contributed by atoms with Gasteiger partial charge in [-0.05, 0) is 48.5 Å². The maximum absolute atomic E-state index is 14.6. The maximum Gasteiger partial charge on any atom is 0.340 e. The van der Waals surface area contributed by atoms with E-state index in [1.54, 1.807) is 72.8 Å². The average molecular weight is 599 g/mol. The van der Waals surface area contributed by atoms with Crippen molar-refractivity contribution >= 4 is 23.9 Å². The van der Waals surface area contributed by atoms with Crippen LogP contribution in [-0.4, -0.2) is 61.3 Å². The molecule has 1 saturated heterocycles. The molecule has 1 fully saturated rings. The Morgan fingerprint density at radius 2 is 1.00 bits per heavy atom. The number of hydrogen-bond acceptors (Lipinski definition) is 9. The molecule has 9 nitrogen and oxygen atoms in total. The van der Waals surface area contributed by atoms with E-state index >= 15 is 0 Å². The first-order chi connectivity index (χ1) is 21.4. The molecular formula is C34H27FO9. The number of alkyl halides is 1. The molecule has 0 radical (unpaired) electrons. The molecule has 0 N–H and O–H groups in total. The van der Waals surface area contributed by atoms with Crippen LogP contribution in [0.3, 0.4) is 0 Å². The summed E-state index contributed by atoms with van der Waals surface area (Å²) in [7, 11) is 0. The van der Waals surface area contributed by atoms with Crippen molar-refractivity contribution in [2.75, 3.05) is 13.3 Å². The van der Waals surface area contributed by atoms with Gasteiger partial charge in [-0.1, -0.05) is 72.8 Å². The van der Waals surface area contributed by atoms with Gasteiger partial charge in [-0.15, -0.1) is 0 Å². The predicted molar refractivity (Wildman–Crippen MR) is 153 cm³/mol. The lowest BCUT2D eigenvalue weighted by Crippen LogP contribution is -2.53. The van der Waals surface area contributed by atoms with Crippen LogP contribution in [0.1, 0.15) is 41.4 Å². The molecule has 0 bridgehead atoms. The Bertz CT molecular complexity index is 1580. The summed E-state index contributed by atoms with van der Waals surface area (Å²) < 4.78 is 43.3. The van der Waals surface area contributed by atoms with Crippen LogP contribution in [0.2, 0.25) is 0 Å². The molecule has 224 valence electrons. The third-order valence-corrected chi connectivity index (χ3v) is 6.79. The molecule has 0 amide bonds. The van der Waals surface area contributed by atoms with Crippen LogP contribution in [0.15, 0.2) is 121 Å². The number of hydrogen-bond donors (Lipinski definition) is 0. The third kappa shape index (κ3) is 6.82. The van der Waals surface area contributed by atoms with E-state index in [0.29, 0.717) is 0 Å². The summed E-state index contributed by atoms with van der Waals surface area (Å²) in [5, 5.41) is 0. The first kappa shape index (κ1) is 30.1. The molecule has 0 spiro atoms. The summed E-state index contributed by atoms with van der Waals surface area (Å²) in [5.41, 5.74) is 0.489. The molecule has 10 heteroatoms. The van der Waals surface area contributed by atoms with Crippen molar-refractivity contribution in [1.29, 1.82) is 0 Å². The molecule has 1 unspecified atom stereocenters. The Hall–Kier alpha value is -5.35. The molecule has 5 rings (SSSR count). The van der Waals surface area contributed by atoms with E-state index in [2.05, 4.69) is 0 Å². The second-order valence-electron chi connectivity index (χ2n) is 9.75. The van der Waals surface area contributed by atoms with Gasteiger partial charge in [0.05, 0.1) is 22.3 Å². The highest BCUT2D eigenvalue weighted by Crippen LogP contribution is 2.39. The molecular weight excluding hydrogens is 571 g/mol. The molecule has 0 aliphatic carbocycles. The van der Waals surface area contributed by atoms with Crippen molar-refractivity contribution in [2.24, 2.45) is 0 Å². The largest absolute Gasteiger partial charge is 0.455 e. The first-order valence-electron chi connectivity index (χ1n) is 13.7. The molecule has 1 aliphatic rings. The summed E-state index contributed by atoms with van der Waals surface area (Å²) in [4.78, 5) is 52.8. The molecule has 4 aromatic rings. The fourth-order valence-corrected chi connectivity index (χ4v) is 4.61. The van der Waals surface area contributed by atoms with Gasteiger partial charge in [0.15, 0.2) is 12.7 Å². The van der Waals surface area contributed by atoms with Crippen molar-refractivity contribution in [2.45, 2.75) is 24.1 Å². The van der Waals surface area contributed by atoms with Crippen LogP contribution in [0, 0.1) is 0 Å². The van der Waals surface area contributed by atoms with Gasteiger partial charge in [0.1, 0.15) is 12.8 Å². The lowest BCUT2D eigenvalue weighted by atomic mass is 10.0. The monoisotopic (exact) mass is 598 g/mol. The topological polar surface area (TPSA) is 114 Å². The number of carbonyl (C=O) groups excluding carboxylic acids is 4. The number of esters is 4. The average Bonchev–Trinajstić information content (AvgIpc) is 3.36. The smallest absolute Gasteiger partial charge is 0.340 e. The quantitative estimate of drug-likeness (QED) is 0.179. The zero-order chi connectivity index (χ0) is 30.9. The zero-order valence-corrected chi connectivity index (χ0v) is 23.2. The zero-order valence-electron chi connectivity index (χ0n) is 23.2. The minimum Gasteiger partial charge on any atom is -0.455 e. The van der Waals surface area contributed by atoms with Crippen molar-refractivity contribution < 1.29 is 47.3 Å². The van der Waals surface area contributed by atoms with E-state index in [1.807, 2.05) is 0 Å². The summed E-state index contributed by atoms with van der Waals surface area (Å²) in [6.07, 6.45) is -4.95. The second-order valence-corrected chi connectivity index (χ2v) is 9.75. The van der Waals surface area contributed by atoms with Gasteiger partial charge in [-0.2, -0.15) is 0 Å². The number of ether oxygens (including phenoxy) is 5. The van der Waals surface area contributed by atoms with Crippen LogP contribution in [0.25, 0.3) is 0 Å². The van der Waals surface area contributed by atoms with Crippen molar-refractivity contribution in [3.05, 3.63) is 144 Å². The van der Waals surface area contributed by atoms with Crippen molar-refractivity contribution in [1.82, 2.24) is 0 Å². The van der Waals surface area contributed by atoms with Gasteiger partial charge in [0.25, 0.3) is 5.79 Å². The molecule has 4 aromatic carbocycles. The molecule has 1 aliphatic heterocycles. The SMILES string of the molecule is O=C(OCC1(OC(=O)c2ccccc2)O[C@H](CF)[C@@H](OC(=O)c2ccccc2)[C@H]1OC(=O)c1ccccc1)c1ccccc1. The Kier molecular flexibility index (Phi) is 9.41. The maximum atomic E-state index is 14.6. The molecule has 1 heterocycles. The molecule has 0 aromatic heterocycles. The van der Waals surface area contributed by atoms with Crippen LogP contribution in [0.5, 0.6) is 0 Å². The van der Waals surface area contributed by atoms with E-state index < -0.39 is 61.3 Å². The van der Waals surface area contributed by atoms with Gasteiger partial charge in [0, 0.05) is 0 Å². The number of carbonyl (C=O) groups is 4. The highest BCUT2D eigenvalue weighted by Gasteiger charge is 2.63. The second kappa shape index (κ2) is 13.7. The van der Waals surface area contributed by atoms with Gasteiger partial charge < -0.3 is 23.7 Å². The van der Waals surface area contributed by atoms with E-state index in [1.165, 1.54) is 48.5 Å². The number of benzene rings is 4. The third-order valence-electron chi connectivity index (χ3n) is 6.79. The highest BCUT2D eigenvalue weighted by atomic mass is 19.1. The Morgan fingerprint density at radius 3 is 1.45 bits per heavy atom. The summed E-state index contributed by atoms with van der Waals surface area (Å²) in [6.45, 7) is -2.06. The normalized spacial score (nSPS) is 20.7. The fraction of sp³-hybridized carbons (Fsp3) is 0.176.